The molecule has 0 aromatic heterocycles. The molecule has 0 atom stereocenters. The number of halogens is 3. The van der Waals surface area contributed by atoms with Crippen molar-refractivity contribution in [3.8, 4) is 23.3 Å². The maximum Gasteiger partial charge on any atom is 0.143 e. The van der Waals surface area contributed by atoms with Gasteiger partial charge in [0, 0.05) is 0 Å². The van der Waals surface area contributed by atoms with Gasteiger partial charge in [0.15, 0.2) is 0 Å². The minimum atomic E-state index is 0.569. The van der Waals surface area contributed by atoms with Gasteiger partial charge in [0.05, 0.1) is 32.2 Å². The van der Waals surface area contributed by atoms with Crippen LogP contribution in [0.25, 0.3) is 0 Å². The maximum atomic E-state index is 8.84. The average molecular weight is 462 g/mol. The number of methoxy groups -OCH3 is 1. The Morgan fingerprint density at radius 3 is 2.10 bits per heavy atom. The molecule has 2 aromatic carbocycles. The Morgan fingerprint density at radius 2 is 1.50 bits per heavy atom. The monoisotopic (exact) mass is 459 g/mol. The molecule has 0 amide bonds. The van der Waals surface area contributed by atoms with Gasteiger partial charge in [-0.2, -0.15) is 5.26 Å². The molecule has 0 heterocycles. The van der Waals surface area contributed by atoms with E-state index in [1.54, 1.807) is 25.3 Å². The number of nitrogens with zero attached hydrogens (tertiary/aromatic N) is 1. The van der Waals surface area contributed by atoms with Gasteiger partial charge in [-0.15, -0.1) is 0 Å². The van der Waals surface area contributed by atoms with E-state index in [4.69, 9.17) is 14.7 Å². The Kier molecular flexibility index (Phi) is 5.08. The van der Waals surface area contributed by atoms with Gasteiger partial charge in [-0.25, -0.2) is 0 Å². The third kappa shape index (κ3) is 3.35. The molecule has 0 aliphatic heterocycles. The highest BCUT2D eigenvalue weighted by Gasteiger charge is 2.11. The van der Waals surface area contributed by atoms with Gasteiger partial charge in [-0.3, -0.25) is 0 Å². The average Bonchev–Trinajstić information content (AvgIpc) is 2.44. The maximum absolute atomic E-state index is 8.84. The number of nitriles is 1. The smallest absolute Gasteiger partial charge is 0.143 e. The first-order valence-electron chi connectivity index (χ1n) is 5.45. The van der Waals surface area contributed by atoms with Crippen LogP contribution in [-0.4, -0.2) is 7.11 Å². The zero-order valence-electron chi connectivity index (χ0n) is 10.3. The van der Waals surface area contributed by atoms with Crippen LogP contribution in [0.1, 0.15) is 5.56 Å². The third-order valence-corrected chi connectivity index (χ3v) is 4.35. The van der Waals surface area contributed by atoms with E-state index in [1.807, 2.05) is 12.1 Å². The van der Waals surface area contributed by atoms with Crippen LogP contribution in [0.3, 0.4) is 0 Å². The molecule has 0 spiro atoms. The van der Waals surface area contributed by atoms with Crippen LogP contribution in [0.5, 0.6) is 17.2 Å². The highest BCUT2D eigenvalue weighted by atomic mass is 79.9. The summed E-state index contributed by atoms with van der Waals surface area (Å²) < 4.78 is 13.3. The Labute approximate surface area is 141 Å². The summed E-state index contributed by atoms with van der Waals surface area (Å²) in [5.74, 6) is 1.98. The highest BCUT2D eigenvalue weighted by Crippen LogP contribution is 2.39. The van der Waals surface area contributed by atoms with E-state index in [0.29, 0.717) is 22.8 Å². The van der Waals surface area contributed by atoms with Crippen LogP contribution < -0.4 is 9.47 Å². The molecule has 0 aliphatic carbocycles. The lowest BCUT2D eigenvalue weighted by molar-refractivity contribution is 0.409. The van der Waals surface area contributed by atoms with Crippen LogP contribution in [-0.2, 0) is 0 Å². The van der Waals surface area contributed by atoms with Crippen molar-refractivity contribution in [1.29, 1.82) is 5.26 Å². The van der Waals surface area contributed by atoms with E-state index < -0.39 is 0 Å². The highest BCUT2D eigenvalue weighted by molar-refractivity contribution is 9.11. The quantitative estimate of drug-likeness (QED) is 0.593. The molecule has 0 saturated heterocycles. The number of ether oxygens (including phenoxy) is 2. The van der Waals surface area contributed by atoms with Crippen molar-refractivity contribution in [3.05, 3.63) is 49.3 Å². The van der Waals surface area contributed by atoms with Crippen LogP contribution >= 0.6 is 47.8 Å². The number of hydrogen-bond donors (Lipinski definition) is 0. The molecule has 0 aliphatic rings. The van der Waals surface area contributed by atoms with Gasteiger partial charge in [-0.05, 0) is 78.1 Å². The molecule has 0 fully saturated rings. The summed E-state index contributed by atoms with van der Waals surface area (Å²) >= 11 is 10.2. The molecule has 0 N–H and O–H groups in total. The van der Waals surface area contributed by atoms with E-state index >= 15 is 0 Å². The number of rotatable bonds is 3. The van der Waals surface area contributed by atoms with Gasteiger partial charge in [-0.1, -0.05) is 0 Å². The van der Waals surface area contributed by atoms with Crippen molar-refractivity contribution < 1.29 is 9.47 Å². The number of benzene rings is 2. The van der Waals surface area contributed by atoms with Crippen molar-refractivity contribution in [1.82, 2.24) is 0 Å². The summed E-state index contributed by atoms with van der Waals surface area (Å²) in [6.45, 7) is 0. The third-order valence-electron chi connectivity index (χ3n) is 2.49. The summed E-state index contributed by atoms with van der Waals surface area (Å²) in [4.78, 5) is 0. The van der Waals surface area contributed by atoms with Gasteiger partial charge in [0.1, 0.15) is 17.2 Å². The van der Waals surface area contributed by atoms with Crippen LogP contribution in [0.2, 0.25) is 0 Å². The van der Waals surface area contributed by atoms with Gasteiger partial charge in [0.25, 0.3) is 0 Å². The second-order valence-corrected chi connectivity index (χ2v) is 6.34. The fraction of sp³-hybridized carbons (Fsp3) is 0.0714. The first-order chi connectivity index (χ1) is 9.55. The molecular formula is C14H8Br3NO2. The van der Waals surface area contributed by atoms with Crippen molar-refractivity contribution in [2.45, 2.75) is 0 Å². The predicted molar refractivity (Wildman–Crippen MR) is 87.3 cm³/mol. The summed E-state index contributed by atoms with van der Waals surface area (Å²) in [5, 5.41) is 8.84. The van der Waals surface area contributed by atoms with E-state index in [-0.39, 0.29) is 0 Å². The molecule has 0 radical (unpaired) electrons. The fourth-order valence-corrected chi connectivity index (χ4v) is 2.86. The topological polar surface area (TPSA) is 42.2 Å². The lowest BCUT2D eigenvalue weighted by atomic mass is 10.2. The largest absolute Gasteiger partial charge is 0.496 e. The molecular weight excluding hydrogens is 454 g/mol. The van der Waals surface area contributed by atoms with Gasteiger partial charge in [0.2, 0.25) is 0 Å². The lowest BCUT2D eigenvalue weighted by Crippen LogP contribution is -1.90. The van der Waals surface area contributed by atoms with E-state index in [0.717, 1.165) is 13.4 Å². The van der Waals surface area contributed by atoms with Crippen molar-refractivity contribution in [3.63, 3.8) is 0 Å². The second kappa shape index (κ2) is 6.61. The predicted octanol–water partition coefficient (Wildman–Crippen LogP) is 5.65. The van der Waals surface area contributed by atoms with Crippen molar-refractivity contribution in [2.24, 2.45) is 0 Å². The summed E-state index contributed by atoms with van der Waals surface area (Å²) in [6, 6.07) is 10.9. The van der Waals surface area contributed by atoms with E-state index in [2.05, 4.69) is 53.9 Å². The summed E-state index contributed by atoms with van der Waals surface area (Å²) in [7, 11) is 1.60. The molecule has 2 rings (SSSR count). The minimum absolute atomic E-state index is 0.569. The number of hydrogen-bond acceptors (Lipinski definition) is 3. The van der Waals surface area contributed by atoms with E-state index in [9.17, 15) is 0 Å². The summed E-state index contributed by atoms with van der Waals surface area (Å²) in [5.41, 5.74) is 0.569. The van der Waals surface area contributed by atoms with Crippen LogP contribution in [0.15, 0.2) is 43.7 Å². The molecule has 0 unspecified atom stereocenters. The normalized spacial score (nSPS) is 9.95. The summed E-state index contributed by atoms with van der Waals surface area (Å²) in [6.07, 6.45) is 0. The van der Waals surface area contributed by atoms with Crippen LogP contribution in [0, 0.1) is 11.3 Å². The Balaban J connectivity index is 2.35. The zero-order chi connectivity index (χ0) is 14.7. The van der Waals surface area contributed by atoms with Crippen LogP contribution in [0.4, 0.5) is 0 Å². The SMILES string of the molecule is COc1cc(Br)c(Oc2ccc(C#N)cc2Br)cc1Br. The molecule has 0 saturated carbocycles. The zero-order valence-corrected chi connectivity index (χ0v) is 15.0. The molecule has 2 aromatic rings. The minimum Gasteiger partial charge on any atom is -0.496 e. The lowest BCUT2D eigenvalue weighted by Gasteiger charge is -2.12. The molecule has 6 heteroatoms. The molecule has 3 nitrogen and oxygen atoms in total. The molecule has 0 bridgehead atoms. The first-order valence-corrected chi connectivity index (χ1v) is 7.83. The second-order valence-electron chi connectivity index (χ2n) is 3.78. The first kappa shape index (κ1) is 15.4. The Morgan fingerprint density at radius 1 is 0.900 bits per heavy atom. The standard InChI is InChI=1S/C14H8Br3NO2/c1-19-13-5-11(17)14(6-10(13)16)20-12-3-2-8(7-18)4-9(12)15/h2-6H,1H3. The van der Waals surface area contributed by atoms with E-state index in [1.165, 1.54) is 0 Å². The molecule has 102 valence electrons. The Bertz CT molecular complexity index is 696. The Hall–Kier alpha value is -1.03. The van der Waals surface area contributed by atoms with Crippen molar-refractivity contribution in [2.75, 3.05) is 7.11 Å². The fourth-order valence-electron chi connectivity index (χ4n) is 1.52. The molecule has 20 heavy (non-hydrogen) atoms. The van der Waals surface area contributed by atoms with Gasteiger partial charge < -0.3 is 9.47 Å². The van der Waals surface area contributed by atoms with Gasteiger partial charge >= 0.3 is 0 Å². The van der Waals surface area contributed by atoms with Crippen molar-refractivity contribution >= 4 is 47.8 Å².